The molecule has 0 bridgehead atoms. The first kappa shape index (κ1) is 24.3. The van der Waals surface area contributed by atoms with E-state index in [-0.39, 0.29) is 12.4 Å². The largest absolute Gasteiger partial charge is 0.697 e. The number of nitrogens with one attached hydrogen (secondary N) is 1. The third-order valence-corrected chi connectivity index (χ3v) is 3.20. The van der Waals surface area contributed by atoms with E-state index in [1.807, 2.05) is 0 Å². The molecule has 0 aliphatic rings. The molecule has 0 aromatic carbocycles. The predicted molar refractivity (Wildman–Crippen MR) is 85.4 cm³/mol. The summed E-state index contributed by atoms with van der Waals surface area (Å²) in [6.45, 7) is 12.2. The molecule has 0 saturated heterocycles. The molecule has 4 nitrogen and oxygen atoms in total. The maximum atomic E-state index is 10.3. The van der Waals surface area contributed by atoms with Crippen molar-refractivity contribution in [3.8, 4) is 0 Å². The van der Waals surface area contributed by atoms with Crippen LogP contribution in [0.2, 0.25) is 0 Å². The maximum Gasteiger partial charge on any atom is 0.697 e. The standard InChI is InChI=1S/C9H21N.C4H10O3P.ClH/c1-4-6-7-8-9(3)10-5-2;1-3-6-8(5)7-4-2;/h9-10H,4-8H2,1-3H3;3-4H2,1-2H3;1H/q;+1;. The normalized spacial score (nSPS) is 11.0. The highest BCUT2D eigenvalue weighted by Crippen LogP contribution is 2.21. The van der Waals surface area contributed by atoms with E-state index < -0.39 is 8.25 Å². The van der Waals surface area contributed by atoms with Gasteiger partial charge in [-0.15, -0.1) is 21.5 Å². The molecule has 0 aromatic rings. The molecule has 0 amide bonds. The van der Waals surface area contributed by atoms with E-state index in [2.05, 4.69) is 35.1 Å². The molecule has 1 N–H and O–H groups in total. The lowest BCUT2D eigenvalue weighted by Crippen LogP contribution is -2.25. The minimum absolute atomic E-state index is 0. The van der Waals surface area contributed by atoms with Crippen LogP contribution in [0.25, 0.3) is 0 Å². The molecule has 0 spiro atoms. The van der Waals surface area contributed by atoms with Crippen molar-refractivity contribution in [1.82, 2.24) is 5.32 Å². The van der Waals surface area contributed by atoms with E-state index in [0.717, 1.165) is 12.6 Å². The molecule has 118 valence electrons. The quantitative estimate of drug-likeness (QED) is 0.468. The number of hydrogen-bond donors (Lipinski definition) is 1. The highest BCUT2D eigenvalue weighted by atomic mass is 35.5. The Morgan fingerprint density at radius 3 is 1.95 bits per heavy atom. The fourth-order valence-electron chi connectivity index (χ4n) is 1.40. The van der Waals surface area contributed by atoms with Crippen molar-refractivity contribution in [2.45, 2.75) is 66.3 Å². The summed E-state index contributed by atoms with van der Waals surface area (Å²) >= 11 is 0. The van der Waals surface area contributed by atoms with Crippen molar-refractivity contribution in [1.29, 1.82) is 0 Å². The molecule has 0 rings (SSSR count). The third-order valence-electron chi connectivity index (χ3n) is 2.26. The Hall–Kier alpha value is 0.270. The van der Waals surface area contributed by atoms with Gasteiger partial charge in [-0.25, -0.2) is 0 Å². The molecule has 19 heavy (non-hydrogen) atoms. The van der Waals surface area contributed by atoms with Gasteiger partial charge in [0, 0.05) is 10.6 Å². The maximum absolute atomic E-state index is 10.3. The second-order valence-corrected chi connectivity index (χ2v) is 4.98. The smallest absolute Gasteiger partial charge is 0.315 e. The fourth-order valence-corrected chi connectivity index (χ4v) is 1.90. The lowest BCUT2D eigenvalue weighted by Gasteiger charge is -2.10. The van der Waals surface area contributed by atoms with E-state index in [4.69, 9.17) is 0 Å². The molecule has 6 heteroatoms. The molecule has 1 unspecified atom stereocenters. The number of halogens is 1. The average Bonchev–Trinajstić information content (AvgIpc) is 2.31. The first-order chi connectivity index (χ1) is 8.62. The first-order valence-electron chi connectivity index (χ1n) is 7.08. The van der Waals surface area contributed by atoms with E-state index in [0.29, 0.717) is 13.2 Å². The van der Waals surface area contributed by atoms with Crippen LogP contribution >= 0.6 is 20.7 Å². The van der Waals surface area contributed by atoms with Crippen LogP contribution in [0.5, 0.6) is 0 Å². The Morgan fingerprint density at radius 1 is 1.05 bits per heavy atom. The van der Waals surface area contributed by atoms with Crippen LogP contribution in [-0.4, -0.2) is 25.8 Å². The monoisotopic (exact) mass is 316 g/mol. The van der Waals surface area contributed by atoms with Gasteiger partial charge in [-0.2, -0.15) is 0 Å². The summed E-state index contributed by atoms with van der Waals surface area (Å²) in [5, 5.41) is 3.40. The third kappa shape index (κ3) is 23.8. The minimum Gasteiger partial charge on any atom is -0.315 e. The van der Waals surface area contributed by atoms with Gasteiger partial charge in [0.2, 0.25) is 0 Å². The van der Waals surface area contributed by atoms with Crippen molar-refractivity contribution in [2.24, 2.45) is 0 Å². The van der Waals surface area contributed by atoms with Crippen LogP contribution in [0, 0.1) is 0 Å². The van der Waals surface area contributed by atoms with Gasteiger partial charge in [0.25, 0.3) is 0 Å². The summed E-state index contributed by atoms with van der Waals surface area (Å²) in [5.74, 6) is 0. The van der Waals surface area contributed by atoms with E-state index in [1.54, 1.807) is 13.8 Å². The molecular formula is C13H32ClNO3P+. The van der Waals surface area contributed by atoms with Crippen LogP contribution in [0.15, 0.2) is 0 Å². The molecular weight excluding hydrogens is 285 g/mol. The van der Waals surface area contributed by atoms with Crippen LogP contribution < -0.4 is 5.32 Å². The Morgan fingerprint density at radius 2 is 1.58 bits per heavy atom. The lowest BCUT2D eigenvalue weighted by molar-refractivity contribution is 0.243. The zero-order valence-corrected chi connectivity index (χ0v) is 14.8. The van der Waals surface area contributed by atoms with E-state index >= 15 is 0 Å². The summed E-state index contributed by atoms with van der Waals surface area (Å²) < 4.78 is 19.5. The average molecular weight is 317 g/mol. The molecule has 0 aromatic heterocycles. The van der Waals surface area contributed by atoms with Gasteiger partial charge < -0.3 is 5.32 Å². The van der Waals surface area contributed by atoms with Gasteiger partial charge >= 0.3 is 8.25 Å². The van der Waals surface area contributed by atoms with Crippen molar-refractivity contribution in [3.63, 3.8) is 0 Å². The van der Waals surface area contributed by atoms with Crippen molar-refractivity contribution < 1.29 is 13.6 Å². The van der Waals surface area contributed by atoms with Gasteiger partial charge in [0.15, 0.2) is 0 Å². The Balaban J connectivity index is -0.000000262. The van der Waals surface area contributed by atoms with Gasteiger partial charge in [-0.3, -0.25) is 0 Å². The number of rotatable bonds is 10. The van der Waals surface area contributed by atoms with Gasteiger partial charge in [0.1, 0.15) is 13.2 Å². The summed E-state index contributed by atoms with van der Waals surface area (Å²) in [6, 6.07) is 0.719. The molecule has 0 heterocycles. The highest BCUT2D eigenvalue weighted by molar-refractivity contribution is 7.33. The van der Waals surface area contributed by atoms with Crippen molar-refractivity contribution in [3.05, 3.63) is 0 Å². The number of unbranched alkanes of at least 4 members (excludes halogenated alkanes) is 2. The predicted octanol–water partition coefficient (Wildman–Crippen LogP) is 4.70. The Kier molecular flexibility index (Phi) is 26.3. The number of hydrogen-bond acceptors (Lipinski definition) is 4. The Bertz CT molecular complexity index is 177. The van der Waals surface area contributed by atoms with Crippen LogP contribution in [-0.2, 0) is 13.6 Å². The van der Waals surface area contributed by atoms with Crippen molar-refractivity contribution >= 4 is 20.7 Å². The summed E-state index contributed by atoms with van der Waals surface area (Å²) in [6.07, 6.45) is 5.43. The topological polar surface area (TPSA) is 47.6 Å². The second kappa shape index (κ2) is 20.6. The van der Waals surface area contributed by atoms with Gasteiger partial charge in [0.05, 0.1) is 0 Å². The zero-order chi connectivity index (χ0) is 14.2. The van der Waals surface area contributed by atoms with Gasteiger partial charge in [-0.05, 0) is 33.7 Å². The molecule has 0 fully saturated rings. The molecule has 0 radical (unpaired) electrons. The highest BCUT2D eigenvalue weighted by Gasteiger charge is 2.15. The zero-order valence-electron chi connectivity index (χ0n) is 13.1. The summed E-state index contributed by atoms with van der Waals surface area (Å²) in [7, 11) is -1.83. The molecule has 0 aliphatic carbocycles. The van der Waals surface area contributed by atoms with Crippen LogP contribution in [0.3, 0.4) is 0 Å². The minimum atomic E-state index is -1.83. The van der Waals surface area contributed by atoms with Crippen LogP contribution in [0.4, 0.5) is 0 Å². The van der Waals surface area contributed by atoms with Gasteiger partial charge in [-0.1, -0.05) is 33.1 Å². The van der Waals surface area contributed by atoms with E-state index in [9.17, 15) is 4.57 Å². The van der Waals surface area contributed by atoms with Crippen molar-refractivity contribution in [2.75, 3.05) is 19.8 Å². The van der Waals surface area contributed by atoms with Crippen LogP contribution in [0.1, 0.15) is 60.3 Å². The Labute approximate surface area is 126 Å². The molecule has 0 aliphatic heterocycles. The van der Waals surface area contributed by atoms with E-state index in [1.165, 1.54) is 25.7 Å². The summed E-state index contributed by atoms with van der Waals surface area (Å²) in [4.78, 5) is 0. The summed E-state index contributed by atoms with van der Waals surface area (Å²) in [5.41, 5.74) is 0. The first-order valence-corrected chi connectivity index (χ1v) is 8.18. The molecule has 0 saturated carbocycles. The lowest BCUT2D eigenvalue weighted by atomic mass is 10.1. The second-order valence-electron chi connectivity index (χ2n) is 4.01. The SMILES string of the molecule is CCCCCC(C)NCC.CCO[P+](=O)OCC.Cl. The fraction of sp³-hybridized carbons (Fsp3) is 1.00. The molecule has 1 atom stereocenters.